The average Bonchev–Trinajstić information content (AvgIpc) is 2.65. The van der Waals surface area contributed by atoms with Gasteiger partial charge in [-0.2, -0.15) is 0 Å². The Morgan fingerprint density at radius 1 is 1.17 bits per heavy atom. The first-order valence-corrected chi connectivity index (χ1v) is 7.91. The van der Waals surface area contributed by atoms with E-state index in [2.05, 4.69) is 23.8 Å². The molecule has 0 fully saturated rings. The van der Waals surface area contributed by atoms with E-state index in [1.165, 1.54) is 7.11 Å². The van der Waals surface area contributed by atoms with Gasteiger partial charge in [0.2, 0.25) is 5.88 Å². The Labute approximate surface area is 142 Å². The largest absolute Gasteiger partial charge is 0.480 e. The molecule has 24 heavy (non-hydrogen) atoms. The highest BCUT2D eigenvalue weighted by atomic mass is 16.7. The Balaban J connectivity index is 2.23. The minimum Gasteiger partial charge on any atom is -0.480 e. The van der Waals surface area contributed by atoms with Crippen LogP contribution < -0.4 is 9.47 Å². The van der Waals surface area contributed by atoms with E-state index < -0.39 is 6.10 Å². The average molecular weight is 332 g/mol. The molecule has 0 aliphatic carbocycles. The minimum absolute atomic E-state index is 0.179. The van der Waals surface area contributed by atoms with Crippen LogP contribution in [0.5, 0.6) is 11.6 Å². The standard InChI is InChI=1S/C18H24N2O4/c1-5-12(2)15-10-19-16(18(20-15)23-4)17(21)13-6-8-14(9-7-13)24-11-22-3/h6-10,12,17,21H,5,11H2,1-4H3/t12-,17?/m0/s1. The van der Waals surface area contributed by atoms with Crippen molar-refractivity contribution < 1.29 is 19.3 Å². The number of benzene rings is 1. The van der Waals surface area contributed by atoms with E-state index in [-0.39, 0.29) is 12.7 Å². The highest BCUT2D eigenvalue weighted by Gasteiger charge is 2.20. The second kappa shape index (κ2) is 8.61. The first kappa shape index (κ1) is 18.2. The van der Waals surface area contributed by atoms with Crippen molar-refractivity contribution in [1.82, 2.24) is 9.97 Å². The molecule has 1 heterocycles. The van der Waals surface area contributed by atoms with Crippen LogP contribution >= 0.6 is 0 Å². The lowest BCUT2D eigenvalue weighted by Crippen LogP contribution is -2.09. The molecule has 1 N–H and O–H groups in total. The quantitative estimate of drug-likeness (QED) is 0.749. The van der Waals surface area contributed by atoms with Crippen LogP contribution in [0.1, 0.15) is 49.2 Å². The van der Waals surface area contributed by atoms with Crippen LogP contribution in [-0.4, -0.2) is 36.1 Å². The Morgan fingerprint density at radius 2 is 1.88 bits per heavy atom. The van der Waals surface area contributed by atoms with E-state index in [0.29, 0.717) is 22.9 Å². The summed E-state index contributed by atoms with van der Waals surface area (Å²) in [4.78, 5) is 8.86. The lowest BCUT2D eigenvalue weighted by atomic mass is 10.0. The van der Waals surface area contributed by atoms with Gasteiger partial charge in [0.05, 0.1) is 12.8 Å². The van der Waals surface area contributed by atoms with Gasteiger partial charge < -0.3 is 19.3 Å². The maximum absolute atomic E-state index is 10.6. The fourth-order valence-corrected chi connectivity index (χ4v) is 2.21. The van der Waals surface area contributed by atoms with Gasteiger partial charge in [-0.05, 0) is 30.0 Å². The molecule has 1 aromatic carbocycles. The minimum atomic E-state index is -0.921. The Hall–Kier alpha value is -2.18. The zero-order valence-corrected chi connectivity index (χ0v) is 14.5. The zero-order chi connectivity index (χ0) is 17.5. The normalized spacial score (nSPS) is 13.4. The topological polar surface area (TPSA) is 73.7 Å². The lowest BCUT2D eigenvalue weighted by molar-refractivity contribution is 0.0511. The Kier molecular flexibility index (Phi) is 6.52. The summed E-state index contributed by atoms with van der Waals surface area (Å²) in [7, 11) is 3.09. The van der Waals surface area contributed by atoms with Crippen LogP contribution in [-0.2, 0) is 4.74 Å². The Morgan fingerprint density at radius 3 is 2.46 bits per heavy atom. The number of methoxy groups -OCH3 is 2. The van der Waals surface area contributed by atoms with Crippen molar-refractivity contribution in [1.29, 1.82) is 0 Å². The van der Waals surface area contributed by atoms with E-state index in [9.17, 15) is 5.11 Å². The third-order valence-corrected chi connectivity index (χ3v) is 3.89. The molecule has 0 aliphatic rings. The van der Waals surface area contributed by atoms with Crippen molar-refractivity contribution in [2.45, 2.75) is 32.3 Å². The summed E-state index contributed by atoms with van der Waals surface area (Å²) >= 11 is 0. The highest BCUT2D eigenvalue weighted by Crippen LogP contribution is 2.29. The van der Waals surface area contributed by atoms with E-state index in [1.54, 1.807) is 37.6 Å². The van der Waals surface area contributed by atoms with Crippen LogP contribution in [0.15, 0.2) is 30.5 Å². The van der Waals surface area contributed by atoms with Gasteiger partial charge >= 0.3 is 0 Å². The molecule has 6 heteroatoms. The van der Waals surface area contributed by atoms with Gasteiger partial charge in [-0.3, -0.25) is 4.98 Å². The van der Waals surface area contributed by atoms with Gasteiger partial charge in [0.25, 0.3) is 0 Å². The molecular formula is C18H24N2O4. The number of ether oxygens (including phenoxy) is 3. The van der Waals surface area contributed by atoms with Gasteiger partial charge in [0.1, 0.15) is 17.5 Å². The number of hydrogen-bond acceptors (Lipinski definition) is 6. The Bertz CT molecular complexity index is 646. The smallest absolute Gasteiger partial charge is 0.238 e. The molecule has 2 rings (SSSR count). The molecule has 0 bridgehead atoms. The number of hydrogen-bond donors (Lipinski definition) is 1. The molecule has 0 radical (unpaired) electrons. The fourth-order valence-electron chi connectivity index (χ4n) is 2.21. The second-order valence-corrected chi connectivity index (χ2v) is 5.52. The number of aromatic nitrogens is 2. The number of nitrogens with zero attached hydrogens (tertiary/aromatic N) is 2. The van der Waals surface area contributed by atoms with E-state index >= 15 is 0 Å². The van der Waals surface area contributed by atoms with Gasteiger partial charge in [-0.25, -0.2) is 4.98 Å². The SMILES string of the molecule is CC[C@H](C)c1cnc(C(O)c2ccc(OCOC)cc2)c(OC)n1. The van der Waals surface area contributed by atoms with Gasteiger partial charge in [0, 0.05) is 13.3 Å². The van der Waals surface area contributed by atoms with Crippen LogP contribution in [0.3, 0.4) is 0 Å². The van der Waals surface area contributed by atoms with Crippen molar-refractivity contribution in [3.05, 3.63) is 47.4 Å². The van der Waals surface area contributed by atoms with Gasteiger partial charge in [0.15, 0.2) is 6.79 Å². The molecule has 0 spiro atoms. The van der Waals surface area contributed by atoms with Crippen LogP contribution in [0.25, 0.3) is 0 Å². The summed E-state index contributed by atoms with van der Waals surface area (Å²) in [5.74, 6) is 1.30. The molecular weight excluding hydrogens is 308 g/mol. The summed E-state index contributed by atoms with van der Waals surface area (Å²) in [5, 5.41) is 10.6. The lowest BCUT2D eigenvalue weighted by Gasteiger charge is -2.16. The fraction of sp³-hybridized carbons (Fsp3) is 0.444. The van der Waals surface area contributed by atoms with Crippen molar-refractivity contribution in [2.24, 2.45) is 0 Å². The van der Waals surface area contributed by atoms with E-state index in [4.69, 9.17) is 14.2 Å². The van der Waals surface area contributed by atoms with Crippen molar-refractivity contribution in [2.75, 3.05) is 21.0 Å². The van der Waals surface area contributed by atoms with E-state index in [0.717, 1.165) is 12.1 Å². The summed E-state index contributed by atoms with van der Waals surface area (Å²) < 4.78 is 15.5. The maximum Gasteiger partial charge on any atom is 0.238 e. The summed E-state index contributed by atoms with van der Waals surface area (Å²) in [6.45, 7) is 4.35. The monoisotopic (exact) mass is 332 g/mol. The molecule has 1 unspecified atom stereocenters. The predicted octanol–water partition coefficient (Wildman–Crippen LogP) is 3.06. The molecule has 0 aliphatic heterocycles. The number of rotatable bonds is 8. The molecule has 1 aromatic heterocycles. The van der Waals surface area contributed by atoms with Crippen molar-refractivity contribution in [3.8, 4) is 11.6 Å². The molecule has 2 atom stereocenters. The summed E-state index contributed by atoms with van der Waals surface area (Å²) in [6.07, 6.45) is 1.74. The summed E-state index contributed by atoms with van der Waals surface area (Å²) in [6, 6.07) is 7.09. The highest BCUT2D eigenvalue weighted by molar-refractivity contribution is 5.35. The van der Waals surface area contributed by atoms with Gasteiger partial charge in [-0.1, -0.05) is 26.0 Å². The molecule has 130 valence electrons. The molecule has 0 saturated heterocycles. The molecule has 2 aromatic rings. The first-order valence-electron chi connectivity index (χ1n) is 7.91. The van der Waals surface area contributed by atoms with Crippen LogP contribution in [0.4, 0.5) is 0 Å². The third kappa shape index (κ3) is 4.21. The van der Waals surface area contributed by atoms with Crippen molar-refractivity contribution >= 4 is 0 Å². The summed E-state index contributed by atoms with van der Waals surface area (Å²) in [5.41, 5.74) is 1.94. The number of aliphatic hydroxyl groups excluding tert-OH is 1. The molecule has 0 saturated carbocycles. The second-order valence-electron chi connectivity index (χ2n) is 5.52. The van der Waals surface area contributed by atoms with Gasteiger partial charge in [-0.15, -0.1) is 0 Å². The molecule has 0 amide bonds. The van der Waals surface area contributed by atoms with Crippen molar-refractivity contribution in [3.63, 3.8) is 0 Å². The zero-order valence-electron chi connectivity index (χ0n) is 14.5. The number of aliphatic hydroxyl groups is 1. The maximum atomic E-state index is 10.6. The first-order chi connectivity index (χ1) is 11.6. The molecule has 6 nitrogen and oxygen atoms in total. The van der Waals surface area contributed by atoms with E-state index in [1.807, 2.05) is 0 Å². The predicted molar refractivity (Wildman–Crippen MR) is 90.3 cm³/mol. The van der Waals surface area contributed by atoms with Crippen LogP contribution in [0.2, 0.25) is 0 Å². The third-order valence-electron chi connectivity index (χ3n) is 3.89. The van der Waals surface area contributed by atoms with Crippen LogP contribution in [0, 0.1) is 0 Å².